The van der Waals surface area contributed by atoms with Crippen molar-refractivity contribution in [3.8, 4) is 0 Å². The number of amides is 1. The van der Waals surface area contributed by atoms with Crippen LogP contribution < -0.4 is 0 Å². The van der Waals surface area contributed by atoms with Gasteiger partial charge >= 0.3 is 5.97 Å². The molecule has 122 valence electrons. The van der Waals surface area contributed by atoms with Crippen LogP contribution in [0.15, 0.2) is 12.3 Å². The van der Waals surface area contributed by atoms with Crippen molar-refractivity contribution in [2.45, 2.75) is 39.7 Å². The third kappa shape index (κ3) is 3.46. The van der Waals surface area contributed by atoms with Crippen molar-refractivity contribution < 1.29 is 14.3 Å². The standard InChI is InChI=1S/C16H23ClN2O3/c1-15(2,3)22-14(21)16(4)6-7-19(10-16)13(20)12-8-11(17)9-18(12)5/h8-9H,6-7,10H2,1-5H3/t16-/m0/s1. The molecular weight excluding hydrogens is 304 g/mol. The summed E-state index contributed by atoms with van der Waals surface area (Å²) >= 11 is 5.93. The minimum atomic E-state index is -0.655. The summed E-state index contributed by atoms with van der Waals surface area (Å²) in [4.78, 5) is 26.6. The summed E-state index contributed by atoms with van der Waals surface area (Å²) in [6, 6.07) is 1.65. The molecule has 1 fully saturated rings. The van der Waals surface area contributed by atoms with Crippen LogP contribution in [0, 0.1) is 5.41 Å². The topological polar surface area (TPSA) is 51.5 Å². The number of rotatable bonds is 2. The lowest BCUT2D eigenvalue weighted by molar-refractivity contribution is -0.165. The van der Waals surface area contributed by atoms with Gasteiger partial charge in [0.05, 0.1) is 10.4 Å². The van der Waals surface area contributed by atoms with Gasteiger partial charge in [-0.3, -0.25) is 9.59 Å². The molecule has 6 heteroatoms. The fourth-order valence-electron chi connectivity index (χ4n) is 2.60. The number of carbonyl (C=O) groups excluding carboxylic acids is 2. The van der Waals surface area contributed by atoms with E-state index >= 15 is 0 Å². The van der Waals surface area contributed by atoms with Gasteiger partial charge in [-0.2, -0.15) is 0 Å². The van der Waals surface area contributed by atoms with E-state index in [0.29, 0.717) is 30.2 Å². The summed E-state index contributed by atoms with van der Waals surface area (Å²) in [6.07, 6.45) is 2.30. The highest BCUT2D eigenvalue weighted by Gasteiger charge is 2.44. The van der Waals surface area contributed by atoms with Gasteiger partial charge in [-0.1, -0.05) is 11.6 Å². The van der Waals surface area contributed by atoms with Crippen LogP contribution in [0.2, 0.25) is 5.02 Å². The van der Waals surface area contributed by atoms with Gasteiger partial charge in [0.2, 0.25) is 0 Å². The summed E-state index contributed by atoms with van der Waals surface area (Å²) in [5.41, 5.74) is -0.653. The molecular formula is C16H23ClN2O3. The first-order valence-corrected chi connectivity index (χ1v) is 7.74. The Balaban J connectivity index is 2.10. The molecule has 1 aliphatic heterocycles. The number of likely N-dealkylation sites (tertiary alicyclic amines) is 1. The molecule has 1 amide bonds. The smallest absolute Gasteiger partial charge is 0.314 e. The average molecular weight is 327 g/mol. The summed E-state index contributed by atoms with van der Waals surface area (Å²) in [7, 11) is 1.78. The summed E-state index contributed by atoms with van der Waals surface area (Å²) in [5.74, 6) is -0.359. The minimum absolute atomic E-state index is 0.110. The lowest BCUT2D eigenvalue weighted by Gasteiger charge is -2.28. The SMILES string of the molecule is Cn1cc(Cl)cc1C(=O)N1CC[C@](C)(C(=O)OC(C)(C)C)C1. The van der Waals surface area contributed by atoms with E-state index in [0.717, 1.165) is 0 Å². The lowest BCUT2D eigenvalue weighted by atomic mass is 9.90. The molecule has 0 radical (unpaired) electrons. The van der Waals surface area contributed by atoms with Crippen molar-refractivity contribution in [3.05, 3.63) is 23.0 Å². The molecule has 1 atom stereocenters. The van der Waals surface area contributed by atoms with Crippen LogP contribution in [0.25, 0.3) is 0 Å². The van der Waals surface area contributed by atoms with Gasteiger partial charge in [-0.05, 0) is 40.2 Å². The Morgan fingerprint density at radius 1 is 1.36 bits per heavy atom. The quantitative estimate of drug-likeness (QED) is 0.785. The van der Waals surface area contributed by atoms with E-state index in [2.05, 4.69) is 0 Å². The van der Waals surface area contributed by atoms with Crippen molar-refractivity contribution in [1.82, 2.24) is 9.47 Å². The van der Waals surface area contributed by atoms with E-state index in [1.165, 1.54) is 0 Å². The Bertz CT molecular complexity index is 603. The van der Waals surface area contributed by atoms with Crippen LogP contribution in [0.1, 0.15) is 44.6 Å². The monoisotopic (exact) mass is 326 g/mol. The van der Waals surface area contributed by atoms with Crippen molar-refractivity contribution in [2.75, 3.05) is 13.1 Å². The molecule has 0 saturated carbocycles. The van der Waals surface area contributed by atoms with Crippen molar-refractivity contribution in [2.24, 2.45) is 12.5 Å². The molecule has 1 aromatic rings. The molecule has 0 aliphatic carbocycles. The number of hydrogen-bond acceptors (Lipinski definition) is 3. The number of halogens is 1. The molecule has 0 spiro atoms. The fourth-order valence-corrected chi connectivity index (χ4v) is 2.85. The van der Waals surface area contributed by atoms with Gasteiger partial charge in [0.25, 0.3) is 5.91 Å². The molecule has 1 aliphatic rings. The number of esters is 1. The highest BCUT2D eigenvalue weighted by molar-refractivity contribution is 6.31. The Morgan fingerprint density at radius 2 is 2.00 bits per heavy atom. The zero-order chi connectivity index (χ0) is 16.7. The van der Waals surface area contributed by atoms with E-state index in [1.54, 1.807) is 28.8 Å². The van der Waals surface area contributed by atoms with E-state index in [-0.39, 0.29) is 11.9 Å². The van der Waals surface area contributed by atoms with E-state index in [9.17, 15) is 9.59 Å². The number of carbonyl (C=O) groups is 2. The Kier molecular flexibility index (Phi) is 4.30. The molecule has 0 aromatic carbocycles. The zero-order valence-electron chi connectivity index (χ0n) is 13.8. The van der Waals surface area contributed by atoms with Crippen LogP contribution in [-0.2, 0) is 16.6 Å². The molecule has 1 aromatic heterocycles. The van der Waals surface area contributed by atoms with Crippen LogP contribution in [-0.4, -0.2) is 40.0 Å². The van der Waals surface area contributed by atoms with E-state index in [4.69, 9.17) is 16.3 Å². The molecule has 22 heavy (non-hydrogen) atoms. The first kappa shape index (κ1) is 16.9. The molecule has 0 bridgehead atoms. The summed E-state index contributed by atoms with van der Waals surface area (Å²) in [6.45, 7) is 8.29. The second-order valence-corrected chi connectivity index (χ2v) is 7.63. The zero-order valence-corrected chi connectivity index (χ0v) is 14.5. The third-order valence-electron chi connectivity index (χ3n) is 3.84. The number of ether oxygens (including phenoxy) is 1. The van der Waals surface area contributed by atoms with Gasteiger partial charge in [-0.25, -0.2) is 0 Å². The van der Waals surface area contributed by atoms with Crippen molar-refractivity contribution in [3.63, 3.8) is 0 Å². The van der Waals surface area contributed by atoms with Crippen LogP contribution in [0.4, 0.5) is 0 Å². The predicted molar refractivity (Wildman–Crippen MR) is 84.9 cm³/mol. The maximum absolute atomic E-state index is 12.6. The minimum Gasteiger partial charge on any atom is -0.459 e. The van der Waals surface area contributed by atoms with E-state index < -0.39 is 11.0 Å². The van der Waals surface area contributed by atoms with Gasteiger partial charge < -0.3 is 14.2 Å². The van der Waals surface area contributed by atoms with Crippen LogP contribution in [0.5, 0.6) is 0 Å². The number of nitrogens with zero attached hydrogens (tertiary/aromatic N) is 2. The molecule has 2 heterocycles. The number of hydrogen-bond donors (Lipinski definition) is 0. The Hall–Kier alpha value is -1.49. The van der Waals surface area contributed by atoms with E-state index in [1.807, 2.05) is 27.7 Å². The molecule has 0 unspecified atom stereocenters. The first-order valence-electron chi connectivity index (χ1n) is 7.36. The molecule has 0 N–H and O–H groups in total. The fraction of sp³-hybridized carbons (Fsp3) is 0.625. The molecule has 5 nitrogen and oxygen atoms in total. The van der Waals surface area contributed by atoms with Gasteiger partial charge in [-0.15, -0.1) is 0 Å². The lowest BCUT2D eigenvalue weighted by Crippen LogP contribution is -2.39. The Labute approximate surface area is 136 Å². The highest BCUT2D eigenvalue weighted by atomic mass is 35.5. The van der Waals surface area contributed by atoms with Crippen LogP contribution in [0.3, 0.4) is 0 Å². The number of aromatic nitrogens is 1. The maximum Gasteiger partial charge on any atom is 0.314 e. The second-order valence-electron chi connectivity index (χ2n) is 7.19. The molecule has 2 rings (SSSR count). The summed E-state index contributed by atoms with van der Waals surface area (Å²) < 4.78 is 7.19. The van der Waals surface area contributed by atoms with Crippen molar-refractivity contribution >= 4 is 23.5 Å². The summed E-state index contributed by atoms with van der Waals surface area (Å²) in [5, 5.41) is 0.528. The highest BCUT2D eigenvalue weighted by Crippen LogP contribution is 2.33. The largest absolute Gasteiger partial charge is 0.459 e. The number of aryl methyl sites for hydroxylation is 1. The average Bonchev–Trinajstić information content (AvgIpc) is 2.91. The van der Waals surface area contributed by atoms with Gasteiger partial charge in [0.1, 0.15) is 11.3 Å². The molecule has 1 saturated heterocycles. The third-order valence-corrected chi connectivity index (χ3v) is 4.05. The van der Waals surface area contributed by atoms with Crippen LogP contribution >= 0.6 is 11.6 Å². The van der Waals surface area contributed by atoms with Crippen molar-refractivity contribution in [1.29, 1.82) is 0 Å². The Morgan fingerprint density at radius 3 is 2.50 bits per heavy atom. The van der Waals surface area contributed by atoms with Gasteiger partial charge in [0.15, 0.2) is 0 Å². The van der Waals surface area contributed by atoms with Gasteiger partial charge in [0, 0.05) is 26.3 Å². The maximum atomic E-state index is 12.6. The first-order chi connectivity index (χ1) is 10.0. The second kappa shape index (κ2) is 5.61. The predicted octanol–water partition coefficient (Wildman–Crippen LogP) is 2.87. The normalized spacial score (nSPS) is 22.0.